The van der Waals surface area contributed by atoms with Crippen LogP contribution in [-0.2, 0) is 0 Å². The van der Waals surface area contributed by atoms with Crippen LogP contribution in [0.1, 0.15) is 29.2 Å². The van der Waals surface area contributed by atoms with Crippen molar-refractivity contribution in [2.45, 2.75) is 26.9 Å². The molecule has 1 aromatic heterocycles. The molecule has 6 nitrogen and oxygen atoms in total. The van der Waals surface area contributed by atoms with Crippen LogP contribution in [0.4, 0.5) is 5.13 Å². The van der Waals surface area contributed by atoms with Gasteiger partial charge in [0.25, 0.3) is 5.91 Å². The van der Waals surface area contributed by atoms with Crippen LogP contribution in [0.2, 0.25) is 0 Å². The van der Waals surface area contributed by atoms with Crippen molar-refractivity contribution in [1.29, 1.82) is 0 Å². The molecule has 0 aliphatic carbocycles. The van der Waals surface area contributed by atoms with Crippen LogP contribution in [0.25, 0.3) is 0 Å². The number of nitrogens with zero attached hydrogens (tertiary/aromatic N) is 2. The van der Waals surface area contributed by atoms with Crippen LogP contribution >= 0.6 is 11.3 Å². The normalized spacial score (nSPS) is 10.5. The molecule has 7 heteroatoms. The number of aromatic nitrogens is 2. The van der Waals surface area contributed by atoms with Crippen LogP contribution < -0.4 is 14.8 Å². The zero-order valence-corrected chi connectivity index (χ0v) is 13.2. The molecule has 112 valence electrons. The summed E-state index contributed by atoms with van der Waals surface area (Å²) in [6.07, 6.45) is -0.0487. The van der Waals surface area contributed by atoms with Gasteiger partial charge in [0.15, 0.2) is 0 Å². The number of nitrogens with one attached hydrogen (secondary N) is 1. The van der Waals surface area contributed by atoms with Crippen LogP contribution in [-0.4, -0.2) is 29.3 Å². The van der Waals surface area contributed by atoms with Crippen molar-refractivity contribution in [3.05, 3.63) is 28.8 Å². The minimum absolute atomic E-state index is 0.0487. The fourth-order valence-electron chi connectivity index (χ4n) is 1.68. The Morgan fingerprint density at radius 1 is 1.33 bits per heavy atom. The van der Waals surface area contributed by atoms with E-state index in [1.165, 1.54) is 11.3 Å². The largest absolute Gasteiger partial charge is 0.497 e. The van der Waals surface area contributed by atoms with Gasteiger partial charge >= 0.3 is 0 Å². The fraction of sp³-hybridized carbons (Fsp3) is 0.357. The number of hydrogen-bond donors (Lipinski definition) is 1. The Balaban J connectivity index is 2.26. The van der Waals surface area contributed by atoms with E-state index in [-0.39, 0.29) is 12.0 Å². The quantitative estimate of drug-likeness (QED) is 0.919. The van der Waals surface area contributed by atoms with Gasteiger partial charge in [-0.05, 0) is 32.9 Å². The van der Waals surface area contributed by atoms with Gasteiger partial charge in [-0.15, -0.1) is 10.2 Å². The molecule has 1 amide bonds. The molecule has 1 heterocycles. The van der Waals surface area contributed by atoms with Crippen LogP contribution in [0.3, 0.4) is 0 Å². The van der Waals surface area contributed by atoms with Gasteiger partial charge in [-0.1, -0.05) is 11.3 Å². The number of amides is 1. The van der Waals surface area contributed by atoms with E-state index in [4.69, 9.17) is 9.47 Å². The number of benzene rings is 1. The zero-order valence-electron chi connectivity index (χ0n) is 12.3. The second-order valence-corrected chi connectivity index (χ2v) is 5.79. The zero-order chi connectivity index (χ0) is 15.4. The highest BCUT2D eigenvalue weighted by Crippen LogP contribution is 2.27. The lowest BCUT2D eigenvalue weighted by atomic mass is 10.1. The lowest BCUT2D eigenvalue weighted by molar-refractivity contribution is 0.102. The molecule has 1 aromatic carbocycles. The maximum Gasteiger partial charge on any atom is 0.261 e. The van der Waals surface area contributed by atoms with Gasteiger partial charge < -0.3 is 9.47 Å². The first-order valence-electron chi connectivity index (χ1n) is 6.45. The Labute approximate surface area is 127 Å². The predicted octanol–water partition coefficient (Wildman–Crippen LogP) is 2.89. The smallest absolute Gasteiger partial charge is 0.261 e. The topological polar surface area (TPSA) is 73.3 Å². The first kappa shape index (κ1) is 15.2. The van der Waals surface area contributed by atoms with E-state index in [9.17, 15) is 4.79 Å². The predicted molar refractivity (Wildman–Crippen MR) is 81.4 cm³/mol. The third-order valence-corrected chi connectivity index (χ3v) is 3.30. The Morgan fingerprint density at radius 2 is 2.10 bits per heavy atom. The van der Waals surface area contributed by atoms with Crippen LogP contribution in [0.15, 0.2) is 18.2 Å². The van der Waals surface area contributed by atoms with Crippen molar-refractivity contribution in [1.82, 2.24) is 10.2 Å². The van der Waals surface area contributed by atoms with Gasteiger partial charge in [0.1, 0.15) is 16.5 Å². The molecule has 0 bridgehead atoms. The molecule has 0 radical (unpaired) electrons. The van der Waals surface area contributed by atoms with Crippen molar-refractivity contribution in [2.75, 3.05) is 12.4 Å². The standard InChI is InChI=1S/C14H17N3O3S/c1-8(2)20-12-7-10(19-4)5-6-11(12)13(18)15-14-17-16-9(3)21-14/h5-8H,1-4H3,(H,15,17,18). The number of carbonyl (C=O) groups excluding carboxylic acids is 1. The molecular formula is C14H17N3O3S. The number of aryl methyl sites for hydroxylation is 1. The van der Waals surface area contributed by atoms with Crippen LogP contribution in [0.5, 0.6) is 11.5 Å². The highest BCUT2D eigenvalue weighted by Gasteiger charge is 2.16. The molecule has 0 aliphatic rings. The summed E-state index contributed by atoms with van der Waals surface area (Å²) >= 11 is 1.32. The maximum absolute atomic E-state index is 12.3. The second kappa shape index (κ2) is 6.53. The lowest BCUT2D eigenvalue weighted by Gasteiger charge is -2.14. The Kier molecular flexibility index (Phi) is 4.74. The van der Waals surface area contributed by atoms with E-state index in [0.717, 1.165) is 5.01 Å². The Hall–Kier alpha value is -2.15. The van der Waals surface area contributed by atoms with Gasteiger partial charge in [0.2, 0.25) is 5.13 Å². The number of hydrogen-bond acceptors (Lipinski definition) is 6. The summed E-state index contributed by atoms with van der Waals surface area (Å²) in [5.41, 5.74) is 0.428. The van der Waals surface area contributed by atoms with Crippen molar-refractivity contribution >= 4 is 22.4 Å². The second-order valence-electron chi connectivity index (χ2n) is 4.61. The highest BCUT2D eigenvalue weighted by molar-refractivity contribution is 7.15. The van der Waals surface area contributed by atoms with E-state index < -0.39 is 0 Å². The molecule has 0 saturated heterocycles. The molecule has 0 atom stereocenters. The first-order chi connectivity index (χ1) is 9.99. The minimum atomic E-state index is -0.288. The van der Waals surface area contributed by atoms with Gasteiger partial charge in [-0.2, -0.15) is 0 Å². The number of anilines is 1. The van der Waals surface area contributed by atoms with E-state index in [1.807, 2.05) is 20.8 Å². The van der Waals surface area contributed by atoms with E-state index in [0.29, 0.717) is 22.2 Å². The molecule has 0 unspecified atom stereocenters. The molecule has 0 fully saturated rings. The summed E-state index contributed by atoms with van der Waals surface area (Å²) in [6.45, 7) is 5.62. The number of methoxy groups -OCH3 is 1. The molecule has 21 heavy (non-hydrogen) atoms. The molecule has 0 spiro atoms. The average Bonchev–Trinajstić information content (AvgIpc) is 2.83. The number of ether oxygens (including phenoxy) is 2. The van der Waals surface area contributed by atoms with Gasteiger partial charge in [0.05, 0.1) is 18.8 Å². The van der Waals surface area contributed by atoms with Crippen LogP contribution in [0, 0.1) is 6.92 Å². The van der Waals surface area contributed by atoms with Gasteiger partial charge in [0, 0.05) is 6.07 Å². The van der Waals surface area contributed by atoms with Crippen molar-refractivity contribution in [3.8, 4) is 11.5 Å². The van der Waals surface area contributed by atoms with Crippen molar-refractivity contribution < 1.29 is 14.3 Å². The van der Waals surface area contributed by atoms with Crippen molar-refractivity contribution in [3.63, 3.8) is 0 Å². The minimum Gasteiger partial charge on any atom is -0.497 e. The van der Waals surface area contributed by atoms with Crippen molar-refractivity contribution in [2.24, 2.45) is 0 Å². The van der Waals surface area contributed by atoms with E-state index in [1.54, 1.807) is 25.3 Å². The average molecular weight is 307 g/mol. The third-order valence-electron chi connectivity index (χ3n) is 2.54. The molecule has 2 rings (SSSR count). The summed E-state index contributed by atoms with van der Waals surface area (Å²) in [5.74, 6) is 0.821. The third kappa shape index (κ3) is 3.91. The monoisotopic (exact) mass is 307 g/mol. The SMILES string of the molecule is COc1ccc(C(=O)Nc2nnc(C)s2)c(OC(C)C)c1. The maximum atomic E-state index is 12.3. The van der Waals surface area contributed by atoms with Gasteiger partial charge in [-0.25, -0.2) is 0 Å². The molecule has 0 saturated carbocycles. The summed E-state index contributed by atoms with van der Waals surface area (Å²) in [4.78, 5) is 12.3. The van der Waals surface area contributed by atoms with E-state index in [2.05, 4.69) is 15.5 Å². The molecule has 2 aromatic rings. The van der Waals surface area contributed by atoms with Gasteiger partial charge in [-0.3, -0.25) is 10.1 Å². The number of rotatable bonds is 5. The highest BCUT2D eigenvalue weighted by atomic mass is 32.1. The number of carbonyl (C=O) groups is 1. The summed E-state index contributed by atoms with van der Waals surface area (Å²) in [6, 6.07) is 5.08. The molecule has 0 aliphatic heterocycles. The fourth-order valence-corrected chi connectivity index (χ4v) is 2.27. The summed E-state index contributed by atoms with van der Waals surface area (Å²) < 4.78 is 10.8. The lowest BCUT2D eigenvalue weighted by Crippen LogP contribution is -2.15. The Bertz CT molecular complexity index is 640. The van der Waals surface area contributed by atoms with E-state index >= 15 is 0 Å². The first-order valence-corrected chi connectivity index (χ1v) is 7.27. The molecular weight excluding hydrogens is 290 g/mol. The summed E-state index contributed by atoms with van der Waals surface area (Å²) in [7, 11) is 1.57. The summed E-state index contributed by atoms with van der Waals surface area (Å²) in [5, 5.41) is 11.7. The Morgan fingerprint density at radius 3 is 2.67 bits per heavy atom. The molecule has 1 N–H and O–H groups in total.